The van der Waals surface area contributed by atoms with Crippen molar-refractivity contribution in [2.24, 2.45) is 0 Å². The zero-order valence-electron chi connectivity index (χ0n) is 14.4. The van der Waals surface area contributed by atoms with Crippen molar-refractivity contribution < 1.29 is 13.2 Å². The van der Waals surface area contributed by atoms with E-state index in [4.69, 9.17) is 0 Å². The van der Waals surface area contributed by atoms with Crippen LogP contribution in [0.4, 0.5) is 5.69 Å². The molecule has 0 aliphatic rings. The van der Waals surface area contributed by atoms with Gasteiger partial charge in [0.25, 0.3) is 0 Å². The fraction of sp³-hybridized carbons (Fsp3) is 0.412. The molecule has 2 rings (SSSR count). The second kappa shape index (κ2) is 9.07. The Morgan fingerprint density at radius 3 is 2.84 bits per heavy atom. The second-order valence-electron chi connectivity index (χ2n) is 5.72. The van der Waals surface area contributed by atoms with Crippen LogP contribution in [0.2, 0.25) is 0 Å². The molecule has 136 valence electrons. The summed E-state index contributed by atoms with van der Waals surface area (Å²) >= 11 is 1.50. The SMILES string of the molecule is CCCCS(=O)(=O)NCCc1csc(-c2cccc(NC(C)=O)c2)n1. The van der Waals surface area contributed by atoms with Crippen molar-refractivity contribution >= 4 is 33.0 Å². The number of benzene rings is 1. The first kappa shape index (κ1) is 19.6. The van der Waals surface area contributed by atoms with Gasteiger partial charge in [0.2, 0.25) is 15.9 Å². The van der Waals surface area contributed by atoms with Crippen LogP contribution in [0.3, 0.4) is 0 Å². The van der Waals surface area contributed by atoms with Gasteiger partial charge in [-0.2, -0.15) is 0 Å². The second-order valence-corrected chi connectivity index (χ2v) is 8.51. The van der Waals surface area contributed by atoms with Crippen molar-refractivity contribution in [1.29, 1.82) is 0 Å². The van der Waals surface area contributed by atoms with Gasteiger partial charge in [-0.3, -0.25) is 4.79 Å². The average Bonchev–Trinajstić information content (AvgIpc) is 3.01. The number of anilines is 1. The predicted molar refractivity (Wildman–Crippen MR) is 102 cm³/mol. The number of unbranched alkanes of at least 4 members (excludes halogenated alkanes) is 1. The lowest BCUT2D eigenvalue weighted by molar-refractivity contribution is -0.114. The Balaban J connectivity index is 1.95. The molecule has 0 saturated carbocycles. The Kier molecular flexibility index (Phi) is 7.10. The number of sulfonamides is 1. The van der Waals surface area contributed by atoms with E-state index in [0.29, 0.717) is 19.4 Å². The first-order valence-corrected chi connectivity index (χ1v) is 10.7. The van der Waals surface area contributed by atoms with Crippen molar-refractivity contribution in [3.05, 3.63) is 35.3 Å². The molecule has 1 heterocycles. The maximum Gasteiger partial charge on any atom is 0.221 e. The first-order valence-electron chi connectivity index (χ1n) is 8.19. The van der Waals surface area contributed by atoms with E-state index < -0.39 is 10.0 Å². The zero-order valence-corrected chi connectivity index (χ0v) is 16.0. The Morgan fingerprint density at radius 1 is 1.32 bits per heavy atom. The predicted octanol–water partition coefficient (Wildman–Crippen LogP) is 3.03. The lowest BCUT2D eigenvalue weighted by atomic mass is 10.2. The third kappa shape index (κ3) is 6.56. The van der Waals surface area contributed by atoms with E-state index in [2.05, 4.69) is 15.0 Å². The maximum atomic E-state index is 11.8. The third-order valence-electron chi connectivity index (χ3n) is 3.45. The third-order valence-corrected chi connectivity index (χ3v) is 5.86. The van der Waals surface area contributed by atoms with Gasteiger partial charge in [-0.25, -0.2) is 18.1 Å². The zero-order chi connectivity index (χ0) is 18.3. The van der Waals surface area contributed by atoms with Gasteiger partial charge in [0.15, 0.2) is 0 Å². The van der Waals surface area contributed by atoms with E-state index in [9.17, 15) is 13.2 Å². The van der Waals surface area contributed by atoms with Gasteiger partial charge < -0.3 is 5.32 Å². The smallest absolute Gasteiger partial charge is 0.221 e. The van der Waals surface area contributed by atoms with Crippen LogP contribution in [-0.4, -0.2) is 31.6 Å². The van der Waals surface area contributed by atoms with Crippen LogP contribution in [-0.2, 0) is 21.2 Å². The molecule has 2 aromatic rings. The molecule has 0 spiro atoms. The van der Waals surface area contributed by atoms with Crippen molar-refractivity contribution in [3.8, 4) is 10.6 Å². The minimum Gasteiger partial charge on any atom is -0.326 e. The summed E-state index contributed by atoms with van der Waals surface area (Å²) in [5.41, 5.74) is 2.50. The summed E-state index contributed by atoms with van der Waals surface area (Å²) in [6.45, 7) is 3.78. The standard InChI is InChI=1S/C17H23N3O3S2/c1-3-4-10-25(22,23)18-9-8-16-12-24-17(20-16)14-6-5-7-15(11-14)19-13(2)21/h5-7,11-12,18H,3-4,8-10H2,1-2H3,(H,19,21). The molecule has 0 aliphatic carbocycles. The number of amides is 1. The molecule has 6 nitrogen and oxygen atoms in total. The lowest BCUT2D eigenvalue weighted by Crippen LogP contribution is -2.28. The van der Waals surface area contributed by atoms with Gasteiger partial charge in [0.05, 0.1) is 11.4 Å². The van der Waals surface area contributed by atoms with Crippen LogP contribution in [0.5, 0.6) is 0 Å². The number of carbonyl (C=O) groups excluding carboxylic acids is 1. The monoisotopic (exact) mass is 381 g/mol. The quantitative estimate of drug-likeness (QED) is 0.699. The van der Waals surface area contributed by atoms with Crippen LogP contribution in [0.1, 0.15) is 32.4 Å². The molecule has 0 aliphatic heterocycles. The van der Waals surface area contributed by atoms with E-state index in [-0.39, 0.29) is 11.7 Å². The highest BCUT2D eigenvalue weighted by Gasteiger charge is 2.10. The number of aromatic nitrogens is 1. The minimum absolute atomic E-state index is 0.118. The number of nitrogens with zero attached hydrogens (tertiary/aromatic N) is 1. The minimum atomic E-state index is -3.19. The molecule has 1 aromatic heterocycles. The number of hydrogen-bond donors (Lipinski definition) is 2. The molecular weight excluding hydrogens is 358 g/mol. The summed E-state index contributed by atoms with van der Waals surface area (Å²) in [5, 5.41) is 5.53. The average molecular weight is 382 g/mol. The number of carbonyl (C=O) groups is 1. The lowest BCUT2D eigenvalue weighted by Gasteiger charge is -2.05. The molecule has 0 unspecified atom stereocenters. The molecule has 0 fully saturated rings. The fourth-order valence-corrected chi connectivity index (χ4v) is 4.31. The van der Waals surface area contributed by atoms with Crippen molar-refractivity contribution in [1.82, 2.24) is 9.71 Å². The maximum absolute atomic E-state index is 11.8. The van der Waals surface area contributed by atoms with Gasteiger partial charge >= 0.3 is 0 Å². The normalized spacial score (nSPS) is 11.4. The number of nitrogens with one attached hydrogen (secondary N) is 2. The van der Waals surface area contributed by atoms with Gasteiger partial charge in [-0.1, -0.05) is 25.5 Å². The Hall–Kier alpha value is -1.77. The van der Waals surface area contributed by atoms with Crippen LogP contribution >= 0.6 is 11.3 Å². The number of rotatable bonds is 9. The van der Waals surface area contributed by atoms with Crippen molar-refractivity contribution in [2.75, 3.05) is 17.6 Å². The molecule has 0 bridgehead atoms. The summed E-state index contributed by atoms with van der Waals surface area (Å²) in [5.74, 6) is 0.0502. The van der Waals surface area contributed by atoms with Gasteiger partial charge in [0.1, 0.15) is 5.01 Å². The summed E-state index contributed by atoms with van der Waals surface area (Å²) in [6, 6.07) is 7.49. The Labute approximate surface area is 152 Å². The van der Waals surface area contributed by atoms with Gasteiger partial charge in [-0.05, 0) is 18.6 Å². The molecule has 0 atom stereocenters. The van der Waals surface area contributed by atoms with Crippen LogP contribution in [0, 0.1) is 0 Å². The van der Waals surface area contributed by atoms with Crippen LogP contribution in [0.15, 0.2) is 29.6 Å². The molecule has 1 amide bonds. The summed E-state index contributed by atoms with van der Waals surface area (Å²) in [7, 11) is -3.19. The Bertz CT molecular complexity index is 816. The molecule has 0 radical (unpaired) electrons. The van der Waals surface area contributed by atoms with Gasteiger partial charge in [0, 0.05) is 36.5 Å². The summed E-state index contributed by atoms with van der Waals surface area (Å²) < 4.78 is 26.1. The highest BCUT2D eigenvalue weighted by molar-refractivity contribution is 7.89. The summed E-state index contributed by atoms with van der Waals surface area (Å²) in [4.78, 5) is 15.7. The van der Waals surface area contributed by atoms with Crippen LogP contribution in [0.25, 0.3) is 10.6 Å². The molecule has 25 heavy (non-hydrogen) atoms. The van der Waals surface area contributed by atoms with Gasteiger partial charge in [-0.15, -0.1) is 11.3 Å². The summed E-state index contributed by atoms with van der Waals surface area (Å²) in [6.07, 6.45) is 2.07. The Morgan fingerprint density at radius 2 is 2.12 bits per heavy atom. The molecular formula is C17H23N3O3S2. The molecule has 8 heteroatoms. The highest BCUT2D eigenvalue weighted by atomic mass is 32.2. The van der Waals surface area contributed by atoms with E-state index >= 15 is 0 Å². The van der Waals surface area contributed by atoms with E-state index in [1.165, 1.54) is 18.3 Å². The van der Waals surface area contributed by atoms with E-state index in [1.54, 1.807) is 0 Å². The highest BCUT2D eigenvalue weighted by Crippen LogP contribution is 2.26. The van der Waals surface area contributed by atoms with E-state index in [1.807, 2.05) is 36.6 Å². The van der Waals surface area contributed by atoms with Crippen LogP contribution < -0.4 is 10.0 Å². The number of hydrogen-bond acceptors (Lipinski definition) is 5. The largest absolute Gasteiger partial charge is 0.326 e. The van der Waals surface area contributed by atoms with Crippen molar-refractivity contribution in [3.63, 3.8) is 0 Å². The fourth-order valence-electron chi connectivity index (χ4n) is 2.23. The molecule has 1 aromatic carbocycles. The molecule has 2 N–H and O–H groups in total. The van der Waals surface area contributed by atoms with Crippen molar-refractivity contribution in [2.45, 2.75) is 33.1 Å². The number of thiazole rings is 1. The van der Waals surface area contributed by atoms with E-state index in [0.717, 1.165) is 28.4 Å². The topological polar surface area (TPSA) is 88.2 Å². The first-order chi connectivity index (χ1) is 11.9. The molecule has 0 saturated heterocycles.